The van der Waals surface area contributed by atoms with Crippen molar-refractivity contribution in [2.24, 2.45) is 0 Å². The average molecular weight is 557 g/mol. The molecule has 0 N–H and O–H groups in total. The van der Waals surface area contributed by atoms with Gasteiger partial charge in [0.1, 0.15) is 0 Å². The first kappa shape index (κ1) is 30.3. The van der Waals surface area contributed by atoms with Crippen LogP contribution in [0.2, 0.25) is 0 Å². The van der Waals surface area contributed by atoms with Crippen molar-refractivity contribution in [2.45, 2.75) is 120 Å². The second-order valence-electron chi connectivity index (χ2n) is 13.9. The van der Waals surface area contributed by atoms with E-state index in [4.69, 9.17) is 0 Å². The third kappa shape index (κ3) is 5.75. The smallest absolute Gasteiger partial charge is 0.0203 e. The fourth-order valence-electron chi connectivity index (χ4n) is 7.52. The number of aryl methyl sites for hydroxylation is 8. The number of rotatable bonds is 6. The Morgan fingerprint density at radius 1 is 0.381 bits per heavy atom. The van der Waals surface area contributed by atoms with Crippen molar-refractivity contribution in [3.8, 4) is 0 Å². The van der Waals surface area contributed by atoms with E-state index in [1.807, 2.05) is 0 Å². The zero-order chi connectivity index (χ0) is 30.3. The minimum absolute atomic E-state index is 0.0785. The van der Waals surface area contributed by atoms with Crippen LogP contribution in [-0.2, 0) is 18.3 Å². The maximum atomic E-state index is 2.60. The predicted molar refractivity (Wildman–Crippen MR) is 183 cm³/mol. The van der Waals surface area contributed by atoms with Crippen molar-refractivity contribution in [3.05, 3.63) is 138 Å². The highest BCUT2D eigenvalue weighted by Crippen LogP contribution is 2.47. The van der Waals surface area contributed by atoms with Crippen LogP contribution in [0.3, 0.4) is 0 Å². The Balaban J connectivity index is 1.63. The van der Waals surface area contributed by atoms with E-state index in [1.165, 1.54) is 110 Å². The molecule has 220 valence electrons. The number of benzene rings is 4. The van der Waals surface area contributed by atoms with Crippen molar-refractivity contribution < 1.29 is 0 Å². The molecule has 0 heterocycles. The molecule has 0 saturated heterocycles. The van der Waals surface area contributed by atoms with E-state index in [0.29, 0.717) is 0 Å². The summed E-state index contributed by atoms with van der Waals surface area (Å²) in [6.45, 7) is 22.9. The van der Waals surface area contributed by atoms with Gasteiger partial charge in [-0.25, -0.2) is 0 Å². The lowest BCUT2D eigenvalue weighted by Gasteiger charge is -2.40. The van der Waals surface area contributed by atoms with Crippen LogP contribution in [0, 0.1) is 69.2 Å². The highest BCUT2D eigenvalue weighted by atomic mass is 14.4. The quantitative estimate of drug-likeness (QED) is 0.221. The summed E-state index contributed by atoms with van der Waals surface area (Å²) in [5, 5.41) is 0. The molecule has 4 aromatic rings. The van der Waals surface area contributed by atoms with E-state index >= 15 is 0 Å². The summed E-state index contributed by atoms with van der Waals surface area (Å²) in [5.74, 6) is 0. The molecule has 0 aliphatic heterocycles. The summed E-state index contributed by atoms with van der Waals surface area (Å²) < 4.78 is 0. The molecule has 1 aliphatic rings. The van der Waals surface area contributed by atoms with E-state index < -0.39 is 0 Å². The van der Waals surface area contributed by atoms with Gasteiger partial charge in [0.15, 0.2) is 0 Å². The van der Waals surface area contributed by atoms with Crippen LogP contribution in [0.5, 0.6) is 0 Å². The summed E-state index contributed by atoms with van der Waals surface area (Å²) in [5.41, 5.74) is 23.2. The lowest BCUT2D eigenvalue weighted by Crippen LogP contribution is -2.31. The van der Waals surface area contributed by atoms with Gasteiger partial charge >= 0.3 is 0 Å². The van der Waals surface area contributed by atoms with Crippen LogP contribution in [0.4, 0.5) is 0 Å². The molecular weight excluding hydrogens is 504 g/mol. The lowest BCUT2D eigenvalue weighted by molar-refractivity contribution is 0.345. The molecule has 0 amide bonds. The maximum absolute atomic E-state index is 2.60. The van der Waals surface area contributed by atoms with Crippen molar-refractivity contribution in [3.63, 3.8) is 0 Å². The first-order valence-corrected chi connectivity index (χ1v) is 16.2. The van der Waals surface area contributed by atoms with Gasteiger partial charge in [0.25, 0.3) is 0 Å². The number of hydrogen-bond donors (Lipinski definition) is 0. The van der Waals surface area contributed by atoms with Crippen LogP contribution in [0.1, 0.15) is 121 Å². The molecule has 0 heteroatoms. The van der Waals surface area contributed by atoms with Gasteiger partial charge < -0.3 is 0 Å². The molecule has 1 saturated carbocycles. The van der Waals surface area contributed by atoms with E-state index in [2.05, 4.69) is 118 Å². The Bertz CT molecular complexity index is 1520. The predicted octanol–water partition coefficient (Wildman–Crippen LogP) is 11.2. The first-order valence-electron chi connectivity index (χ1n) is 16.2. The lowest BCUT2D eigenvalue weighted by atomic mass is 9.64. The summed E-state index contributed by atoms with van der Waals surface area (Å²) in [6, 6.07) is 19.9. The van der Waals surface area contributed by atoms with Gasteiger partial charge in [-0.1, -0.05) is 67.8 Å². The van der Waals surface area contributed by atoms with Crippen LogP contribution >= 0.6 is 0 Å². The molecule has 0 nitrogen and oxygen atoms in total. The zero-order valence-electron chi connectivity index (χ0n) is 28.1. The standard InChI is InChI=1S/C42H52/c1-26-16-32(7)36(18-28(26)3)22-38-24-40(20-30(5)34(38)9)42(14-12-11-13-15-42)41-21-31(6)35(10)39(25-41)23-37-19-29(4)27(2)17-33(37)8/h16-21,24-25H,11-15,22-23H2,1-10H3. The van der Waals surface area contributed by atoms with Crippen molar-refractivity contribution in [1.29, 1.82) is 0 Å². The molecule has 0 unspecified atom stereocenters. The Kier molecular flexibility index (Phi) is 8.58. The minimum atomic E-state index is 0.0785. The Morgan fingerprint density at radius 2 is 0.762 bits per heavy atom. The normalized spacial score (nSPS) is 14.8. The van der Waals surface area contributed by atoms with Gasteiger partial charge in [-0.05, 0) is 184 Å². The summed E-state index contributed by atoms with van der Waals surface area (Å²) in [7, 11) is 0. The van der Waals surface area contributed by atoms with Gasteiger partial charge in [-0.2, -0.15) is 0 Å². The van der Waals surface area contributed by atoms with Crippen molar-refractivity contribution >= 4 is 0 Å². The average Bonchev–Trinajstić information content (AvgIpc) is 2.95. The Labute approximate surface area is 256 Å². The van der Waals surface area contributed by atoms with Crippen LogP contribution in [0.15, 0.2) is 48.5 Å². The molecular formula is C42H52. The summed E-state index contributed by atoms with van der Waals surface area (Å²) in [6.07, 6.45) is 8.45. The molecule has 5 rings (SSSR count). The van der Waals surface area contributed by atoms with E-state index in [1.54, 1.807) is 11.1 Å². The minimum Gasteiger partial charge on any atom is -0.0558 e. The number of hydrogen-bond acceptors (Lipinski definition) is 0. The fourth-order valence-corrected chi connectivity index (χ4v) is 7.52. The third-order valence-electron chi connectivity index (χ3n) is 11.0. The topological polar surface area (TPSA) is 0 Å². The molecule has 0 bridgehead atoms. The molecule has 0 spiro atoms. The molecule has 0 atom stereocenters. The second-order valence-corrected chi connectivity index (χ2v) is 13.9. The van der Waals surface area contributed by atoms with Gasteiger partial charge in [0, 0.05) is 5.41 Å². The largest absolute Gasteiger partial charge is 0.0558 e. The fraction of sp³-hybridized carbons (Fsp3) is 0.429. The Hall–Kier alpha value is -3.12. The highest BCUT2D eigenvalue weighted by molar-refractivity contribution is 5.52. The monoisotopic (exact) mass is 556 g/mol. The highest BCUT2D eigenvalue weighted by Gasteiger charge is 2.37. The van der Waals surface area contributed by atoms with E-state index in [0.717, 1.165) is 12.8 Å². The molecule has 4 aromatic carbocycles. The third-order valence-corrected chi connectivity index (χ3v) is 11.0. The van der Waals surface area contributed by atoms with Gasteiger partial charge in [0.2, 0.25) is 0 Å². The summed E-state index contributed by atoms with van der Waals surface area (Å²) in [4.78, 5) is 0. The van der Waals surface area contributed by atoms with E-state index in [-0.39, 0.29) is 5.41 Å². The molecule has 0 radical (unpaired) electrons. The summed E-state index contributed by atoms with van der Waals surface area (Å²) >= 11 is 0. The Morgan fingerprint density at radius 3 is 1.17 bits per heavy atom. The molecule has 1 fully saturated rings. The molecule has 1 aliphatic carbocycles. The second kappa shape index (κ2) is 11.9. The maximum Gasteiger partial charge on any atom is 0.0203 e. The van der Waals surface area contributed by atoms with Crippen molar-refractivity contribution in [1.82, 2.24) is 0 Å². The molecule has 42 heavy (non-hydrogen) atoms. The van der Waals surface area contributed by atoms with Crippen LogP contribution in [0.25, 0.3) is 0 Å². The zero-order valence-corrected chi connectivity index (χ0v) is 28.1. The SMILES string of the molecule is Cc1cc(C)c(Cc2cc(C3(c4cc(C)c(C)c(Cc5cc(C)c(C)cc5C)c4)CCCCC3)cc(C)c2C)cc1C. The van der Waals surface area contributed by atoms with Gasteiger partial charge in [-0.15, -0.1) is 0 Å². The van der Waals surface area contributed by atoms with E-state index in [9.17, 15) is 0 Å². The van der Waals surface area contributed by atoms with Gasteiger partial charge in [0.05, 0.1) is 0 Å². The molecule has 0 aromatic heterocycles. The van der Waals surface area contributed by atoms with Crippen LogP contribution < -0.4 is 0 Å². The van der Waals surface area contributed by atoms with Crippen molar-refractivity contribution in [2.75, 3.05) is 0 Å². The van der Waals surface area contributed by atoms with Gasteiger partial charge in [-0.3, -0.25) is 0 Å². The first-order chi connectivity index (χ1) is 19.9. The van der Waals surface area contributed by atoms with Crippen LogP contribution in [-0.4, -0.2) is 0 Å².